The van der Waals surface area contributed by atoms with Crippen LogP contribution in [0.15, 0.2) is 18.2 Å². The van der Waals surface area contributed by atoms with Gasteiger partial charge in [0.15, 0.2) is 12.2 Å². The quantitative estimate of drug-likeness (QED) is 0.440. The molecule has 0 saturated carbocycles. The Morgan fingerprint density at radius 2 is 1.82 bits per heavy atom. The second kappa shape index (κ2) is 11.3. The van der Waals surface area contributed by atoms with Crippen LogP contribution in [-0.4, -0.2) is 74.6 Å². The highest BCUT2D eigenvalue weighted by Gasteiger charge is 2.29. The SMILES string of the molecule is CC(C)N(Cc1c(F)cccc1Cl)[C@H]1CCNC1.O=C(O)C(O)C(O)C(=O)O. The largest absolute Gasteiger partial charge is 0.479 e. The molecule has 0 aliphatic carbocycles. The van der Waals surface area contributed by atoms with E-state index in [2.05, 4.69) is 24.1 Å². The molecule has 2 unspecified atom stereocenters. The Morgan fingerprint density at radius 1 is 1.25 bits per heavy atom. The summed E-state index contributed by atoms with van der Waals surface area (Å²) in [5, 5.41) is 36.4. The van der Waals surface area contributed by atoms with Gasteiger partial charge in [0.2, 0.25) is 0 Å². The molecule has 10 heteroatoms. The predicted molar refractivity (Wildman–Crippen MR) is 101 cm³/mol. The van der Waals surface area contributed by atoms with Crippen molar-refractivity contribution in [3.05, 3.63) is 34.6 Å². The Balaban J connectivity index is 0.000000336. The number of benzene rings is 1. The molecule has 8 nitrogen and oxygen atoms in total. The molecule has 1 aromatic rings. The average Bonchev–Trinajstić information content (AvgIpc) is 3.14. The summed E-state index contributed by atoms with van der Waals surface area (Å²) in [5.74, 6) is -3.75. The first-order valence-corrected chi connectivity index (χ1v) is 9.15. The lowest BCUT2D eigenvalue weighted by molar-refractivity contribution is -0.165. The number of carboxylic acids is 2. The average molecular weight is 421 g/mol. The maximum Gasteiger partial charge on any atom is 0.335 e. The van der Waals surface area contributed by atoms with Gasteiger partial charge in [-0.3, -0.25) is 4.90 Å². The van der Waals surface area contributed by atoms with E-state index in [9.17, 15) is 14.0 Å². The number of rotatable bonds is 7. The number of nitrogens with zero attached hydrogens (tertiary/aromatic N) is 1. The molecule has 5 N–H and O–H groups in total. The van der Waals surface area contributed by atoms with Crippen LogP contribution in [-0.2, 0) is 16.1 Å². The molecule has 3 atom stereocenters. The first-order valence-electron chi connectivity index (χ1n) is 8.77. The van der Waals surface area contributed by atoms with Crippen molar-refractivity contribution < 1.29 is 34.4 Å². The van der Waals surface area contributed by atoms with Gasteiger partial charge in [-0.1, -0.05) is 17.7 Å². The fraction of sp³-hybridized carbons (Fsp3) is 0.556. The van der Waals surface area contributed by atoms with Gasteiger partial charge >= 0.3 is 11.9 Å². The first-order chi connectivity index (χ1) is 13.1. The predicted octanol–water partition coefficient (Wildman–Crippen LogP) is 0.929. The number of nitrogens with one attached hydrogen (secondary N) is 1. The van der Waals surface area contributed by atoms with E-state index in [1.54, 1.807) is 12.1 Å². The number of halogens is 2. The maximum atomic E-state index is 13.8. The molecule has 1 heterocycles. The zero-order chi connectivity index (χ0) is 21.4. The number of hydrogen-bond acceptors (Lipinski definition) is 6. The lowest BCUT2D eigenvalue weighted by Crippen LogP contribution is -2.41. The zero-order valence-corrected chi connectivity index (χ0v) is 16.4. The van der Waals surface area contributed by atoms with Crippen LogP contribution in [0.1, 0.15) is 25.8 Å². The smallest absolute Gasteiger partial charge is 0.335 e. The van der Waals surface area contributed by atoms with Gasteiger partial charge in [-0.15, -0.1) is 0 Å². The topological polar surface area (TPSA) is 130 Å². The number of aliphatic hydroxyl groups is 2. The van der Waals surface area contributed by atoms with Crippen molar-refractivity contribution >= 4 is 23.5 Å². The van der Waals surface area contributed by atoms with E-state index in [0.29, 0.717) is 29.2 Å². The van der Waals surface area contributed by atoms with E-state index in [1.807, 2.05) is 0 Å². The number of hydrogen-bond donors (Lipinski definition) is 5. The molecular weight excluding hydrogens is 395 g/mol. The summed E-state index contributed by atoms with van der Waals surface area (Å²) < 4.78 is 13.8. The Bertz CT molecular complexity index is 631. The van der Waals surface area contributed by atoms with Crippen molar-refractivity contribution in [3.63, 3.8) is 0 Å². The minimum atomic E-state index is -2.27. The van der Waals surface area contributed by atoms with E-state index >= 15 is 0 Å². The van der Waals surface area contributed by atoms with Crippen LogP contribution in [0.3, 0.4) is 0 Å². The highest BCUT2D eigenvalue weighted by atomic mass is 35.5. The molecule has 0 radical (unpaired) electrons. The summed E-state index contributed by atoms with van der Waals surface area (Å²) in [5.41, 5.74) is 0.611. The van der Waals surface area contributed by atoms with Gasteiger partial charge in [0, 0.05) is 35.8 Å². The molecule has 0 amide bonds. The number of carboxylic acid groups (broad SMARTS) is 2. The van der Waals surface area contributed by atoms with Gasteiger partial charge in [0.05, 0.1) is 0 Å². The van der Waals surface area contributed by atoms with Crippen LogP contribution in [0, 0.1) is 5.82 Å². The number of carbonyl (C=O) groups is 2. The summed E-state index contributed by atoms with van der Waals surface area (Å²) in [6.45, 7) is 6.89. The molecule has 1 aromatic carbocycles. The fourth-order valence-electron chi connectivity index (χ4n) is 2.79. The van der Waals surface area contributed by atoms with Gasteiger partial charge in [-0.05, 0) is 38.9 Å². The summed E-state index contributed by atoms with van der Waals surface area (Å²) in [7, 11) is 0. The Kier molecular flexibility index (Phi) is 9.77. The molecule has 28 heavy (non-hydrogen) atoms. The Morgan fingerprint density at radius 3 is 2.21 bits per heavy atom. The first kappa shape index (κ1) is 24.3. The second-order valence-corrected chi connectivity index (χ2v) is 7.09. The molecule has 2 rings (SSSR count). The standard InChI is InChI=1S/C14H20ClFN2.C4H6O6/c1-10(2)18(11-6-7-17-8-11)9-12-13(15)4-3-5-14(12)16;5-1(3(7)8)2(6)4(9)10/h3-5,10-11,17H,6-9H2,1-2H3;1-2,5-6H,(H,7,8)(H,9,10)/t11-;/m0./s1. The van der Waals surface area contributed by atoms with E-state index < -0.39 is 24.1 Å². The number of aliphatic hydroxyl groups excluding tert-OH is 2. The zero-order valence-electron chi connectivity index (χ0n) is 15.7. The van der Waals surface area contributed by atoms with Crippen molar-refractivity contribution in [1.29, 1.82) is 0 Å². The monoisotopic (exact) mass is 420 g/mol. The summed E-state index contributed by atoms with van der Waals surface area (Å²) in [4.78, 5) is 21.9. The van der Waals surface area contributed by atoms with E-state index in [4.69, 9.17) is 32.0 Å². The summed E-state index contributed by atoms with van der Waals surface area (Å²) >= 11 is 6.10. The van der Waals surface area contributed by atoms with Crippen LogP contribution >= 0.6 is 11.6 Å². The molecule has 1 saturated heterocycles. The highest BCUT2D eigenvalue weighted by Crippen LogP contribution is 2.24. The Labute approximate surface area is 167 Å². The number of aliphatic carboxylic acids is 2. The van der Waals surface area contributed by atoms with Crippen LogP contribution in [0.25, 0.3) is 0 Å². The van der Waals surface area contributed by atoms with Crippen molar-refractivity contribution in [2.24, 2.45) is 0 Å². The fourth-order valence-corrected chi connectivity index (χ4v) is 3.01. The minimum Gasteiger partial charge on any atom is -0.479 e. The lowest BCUT2D eigenvalue weighted by Gasteiger charge is -2.32. The summed E-state index contributed by atoms with van der Waals surface area (Å²) in [6.07, 6.45) is -3.42. The van der Waals surface area contributed by atoms with Gasteiger partial charge in [0.25, 0.3) is 0 Å². The lowest BCUT2D eigenvalue weighted by atomic mass is 10.1. The van der Waals surface area contributed by atoms with Gasteiger partial charge in [0.1, 0.15) is 5.82 Å². The second-order valence-electron chi connectivity index (χ2n) is 6.68. The van der Waals surface area contributed by atoms with Gasteiger partial charge in [-0.25, -0.2) is 14.0 Å². The molecule has 0 bridgehead atoms. The molecule has 0 aromatic heterocycles. The molecule has 158 valence electrons. The normalized spacial score (nSPS) is 18.5. The molecule has 1 aliphatic heterocycles. The Hall–Kier alpha value is -1.78. The van der Waals surface area contributed by atoms with E-state index in [0.717, 1.165) is 19.5 Å². The van der Waals surface area contributed by atoms with Gasteiger partial charge in [-0.2, -0.15) is 0 Å². The molecule has 1 fully saturated rings. The van der Waals surface area contributed by atoms with Gasteiger partial charge < -0.3 is 25.7 Å². The van der Waals surface area contributed by atoms with Crippen molar-refractivity contribution in [2.75, 3.05) is 13.1 Å². The maximum absolute atomic E-state index is 13.8. The van der Waals surface area contributed by atoms with Crippen molar-refractivity contribution in [2.45, 2.75) is 51.1 Å². The van der Waals surface area contributed by atoms with E-state index in [-0.39, 0.29) is 5.82 Å². The molecule has 1 aliphatic rings. The van der Waals surface area contributed by atoms with Crippen LogP contribution in [0.4, 0.5) is 4.39 Å². The minimum absolute atomic E-state index is 0.209. The van der Waals surface area contributed by atoms with E-state index in [1.165, 1.54) is 6.07 Å². The van der Waals surface area contributed by atoms with Crippen LogP contribution in [0.5, 0.6) is 0 Å². The van der Waals surface area contributed by atoms with Crippen LogP contribution < -0.4 is 5.32 Å². The third kappa shape index (κ3) is 6.99. The third-order valence-electron chi connectivity index (χ3n) is 4.37. The van der Waals surface area contributed by atoms with Crippen molar-refractivity contribution in [1.82, 2.24) is 10.2 Å². The third-order valence-corrected chi connectivity index (χ3v) is 4.73. The molecular formula is C18H26ClFN2O6. The highest BCUT2D eigenvalue weighted by molar-refractivity contribution is 6.31. The van der Waals surface area contributed by atoms with Crippen LogP contribution in [0.2, 0.25) is 5.02 Å². The van der Waals surface area contributed by atoms with Crippen molar-refractivity contribution in [3.8, 4) is 0 Å². The summed E-state index contributed by atoms with van der Waals surface area (Å²) in [6, 6.07) is 5.74. The molecule has 0 spiro atoms.